The van der Waals surface area contributed by atoms with Gasteiger partial charge in [-0.3, -0.25) is 0 Å². The molecule has 0 amide bonds. The maximum Gasteiger partial charge on any atom is 0.0754 e. The average Bonchev–Trinajstić information content (AvgIpc) is 3.97. The number of thioether (sulfide) groups is 1. The third-order valence-electron chi connectivity index (χ3n) is 11.7. The lowest BCUT2D eigenvalue weighted by molar-refractivity contribution is 0.736. The highest BCUT2D eigenvalue weighted by Crippen LogP contribution is 2.65. The number of hydrogen-bond acceptors (Lipinski definition) is 2. The lowest BCUT2D eigenvalue weighted by Gasteiger charge is -2.41. The molecule has 1 spiro atoms. The van der Waals surface area contributed by atoms with E-state index in [1.807, 2.05) is 63.7 Å². The van der Waals surface area contributed by atoms with Crippen molar-refractivity contribution in [1.29, 1.82) is 0 Å². The molecular formula is C55H52N2S. The summed E-state index contributed by atoms with van der Waals surface area (Å²) >= 11 is 1.99. The van der Waals surface area contributed by atoms with Gasteiger partial charge in [-0.2, -0.15) is 0 Å². The van der Waals surface area contributed by atoms with Crippen LogP contribution in [0, 0.1) is 6.92 Å². The number of allylic oxidation sites excluding steroid dienone is 5. The summed E-state index contributed by atoms with van der Waals surface area (Å²) in [5.41, 5.74) is 25.6. The van der Waals surface area contributed by atoms with Gasteiger partial charge >= 0.3 is 0 Å². The topological polar surface area (TPSA) is 30.9 Å². The van der Waals surface area contributed by atoms with E-state index < -0.39 is 5.41 Å². The van der Waals surface area contributed by atoms with Crippen LogP contribution in [0.3, 0.4) is 0 Å². The van der Waals surface area contributed by atoms with Crippen LogP contribution in [-0.4, -0.2) is 4.57 Å². The second-order valence-electron chi connectivity index (χ2n) is 14.5. The highest BCUT2D eigenvalue weighted by molar-refractivity contribution is 8.01. The molecule has 58 heavy (non-hydrogen) atoms. The Labute approximate surface area is 349 Å². The van der Waals surface area contributed by atoms with Crippen LogP contribution in [0.5, 0.6) is 0 Å². The Balaban J connectivity index is 0.000000380. The van der Waals surface area contributed by atoms with Crippen molar-refractivity contribution in [3.63, 3.8) is 0 Å². The molecule has 1 atom stereocenters. The summed E-state index contributed by atoms with van der Waals surface area (Å²) in [6, 6.07) is 50.6. The van der Waals surface area contributed by atoms with E-state index in [1.165, 1.54) is 77.3 Å². The van der Waals surface area contributed by atoms with Crippen LogP contribution < -0.4 is 5.73 Å². The van der Waals surface area contributed by atoms with Crippen molar-refractivity contribution >= 4 is 34.3 Å². The third kappa shape index (κ3) is 5.95. The predicted octanol–water partition coefficient (Wildman–Crippen LogP) is 14.6. The number of hydrogen-bond donors (Lipinski definition) is 1. The minimum atomic E-state index is -0.394. The number of rotatable bonds is 4. The second kappa shape index (κ2) is 16.4. The molecule has 2 aliphatic heterocycles. The first-order chi connectivity index (χ1) is 28.6. The molecule has 2 nitrogen and oxygen atoms in total. The lowest BCUT2D eigenvalue weighted by atomic mass is 9.65. The predicted molar refractivity (Wildman–Crippen MR) is 251 cm³/mol. The quantitative estimate of drug-likeness (QED) is 0.181. The maximum atomic E-state index is 6.20. The number of para-hydroxylation sites is 1. The summed E-state index contributed by atoms with van der Waals surface area (Å²) in [6.45, 7) is 12.2. The first-order valence-electron chi connectivity index (χ1n) is 20.9. The van der Waals surface area contributed by atoms with Crippen molar-refractivity contribution in [2.24, 2.45) is 5.73 Å². The van der Waals surface area contributed by atoms with Crippen LogP contribution in [0.25, 0.3) is 39.4 Å². The Morgan fingerprint density at radius 3 is 1.91 bits per heavy atom. The molecule has 2 N–H and O–H groups in total. The van der Waals surface area contributed by atoms with Crippen LogP contribution in [0.2, 0.25) is 0 Å². The summed E-state index contributed by atoms with van der Waals surface area (Å²) in [7, 11) is 0. The van der Waals surface area contributed by atoms with Crippen molar-refractivity contribution in [2.45, 2.75) is 63.5 Å². The van der Waals surface area contributed by atoms with E-state index in [4.69, 9.17) is 5.73 Å². The molecule has 3 heteroatoms. The Morgan fingerprint density at radius 2 is 1.31 bits per heavy atom. The smallest absolute Gasteiger partial charge is 0.0754 e. The largest absolute Gasteiger partial charge is 0.404 e. The molecule has 1 aromatic heterocycles. The number of nitrogens with zero attached hydrogens (tertiary/aromatic N) is 1. The maximum absolute atomic E-state index is 6.20. The van der Waals surface area contributed by atoms with Crippen molar-refractivity contribution in [3.8, 4) is 16.8 Å². The molecule has 0 radical (unpaired) electrons. The molecule has 288 valence electrons. The molecule has 0 saturated carbocycles. The van der Waals surface area contributed by atoms with Gasteiger partial charge in [-0.15, -0.1) is 11.8 Å². The molecule has 11 rings (SSSR count). The molecular weight excluding hydrogens is 721 g/mol. The Hall–Kier alpha value is -6.03. The second-order valence-corrected chi connectivity index (χ2v) is 15.6. The molecule has 6 aromatic carbocycles. The van der Waals surface area contributed by atoms with Crippen molar-refractivity contribution < 1.29 is 0 Å². The normalized spacial score (nSPS) is 15.7. The SMILES string of the molecule is C/C=C(\C=C/C1Sc2c1cc1c3c2c2c(n3-c3ccccc3C13c1ccccc1-c1ccccc13)CC=C2)C(=C\N)/c1ccccc1.CC.CC.Cc1ccccc1. The first kappa shape index (κ1) is 38.8. The number of nitrogens with two attached hydrogens (primary N) is 1. The van der Waals surface area contributed by atoms with Crippen LogP contribution >= 0.6 is 11.8 Å². The van der Waals surface area contributed by atoms with Gasteiger partial charge < -0.3 is 10.3 Å². The standard InChI is InChI=1S/C44H32N2S.C7H8.2C2H6/c1-2-27(33(26-45)28-13-4-3-5-14-28)23-24-40-32-25-37-42-41(43(32)47-40)31-17-12-22-38(31)46(42)39-21-11-10-20-36(39)44(37)34-18-8-6-15-29(34)30-16-7-9-19-35(30)44;1-7-5-3-2-4-6-7;2*1-2/h2-21,23-26,40H,22,45H2,1H3;2-6H,1H3;2*1-2H3/b24-23-,27-2+,33-26+;;;. The molecule has 2 aliphatic carbocycles. The fourth-order valence-electron chi connectivity index (χ4n) is 9.38. The number of aromatic nitrogens is 1. The first-order valence-corrected chi connectivity index (χ1v) is 21.7. The zero-order valence-electron chi connectivity index (χ0n) is 34.5. The number of aryl methyl sites for hydroxylation is 1. The van der Waals surface area contributed by atoms with Gasteiger partial charge in [-0.05, 0) is 76.1 Å². The van der Waals surface area contributed by atoms with Crippen LogP contribution in [0.15, 0.2) is 180 Å². The third-order valence-corrected chi connectivity index (χ3v) is 13.0. The molecule has 7 aromatic rings. The van der Waals surface area contributed by atoms with E-state index >= 15 is 0 Å². The lowest BCUT2D eigenvalue weighted by Crippen LogP contribution is -2.34. The van der Waals surface area contributed by atoms with Crippen LogP contribution in [-0.2, 0) is 11.8 Å². The van der Waals surface area contributed by atoms with Gasteiger partial charge in [0.25, 0.3) is 0 Å². The van der Waals surface area contributed by atoms with E-state index in [9.17, 15) is 0 Å². The van der Waals surface area contributed by atoms with Gasteiger partial charge in [-0.1, -0.05) is 191 Å². The Bertz CT molecular complexity index is 2700. The molecule has 0 saturated heterocycles. The van der Waals surface area contributed by atoms with Crippen molar-refractivity contribution in [1.82, 2.24) is 4.57 Å². The van der Waals surface area contributed by atoms with Gasteiger partial charge in [0.2, 0.25) is 0 Å². The van der Waals surface area contributed by atoms with Gasteiger partial charge in [0.1, 0.15) is 0 Å². The van der Waals surface area contributed by atoms with E-state index in [2.05, 4.69) is 164 Å². The molecule has 4 aliphatic rings. The van der Waals surface area contributed by atoms with E-state index in [1.54, 1.807) is 6.20 Å². The summed E-state index contributed by atoms with van der Waals surface area (Å²) < 4.78 is 2.60. The molecule has 3 heterocycles. The highest BCUT2D eigenvalue weighted by atomic mass is 32.2. The van der Waals surface area contributed by atoms with E-state index in [0.29, 0.717) is 0 Å². The van der Waals surface area contributed by atoms with Gasteiger partial charge in [0.15, 0.2) is 0 Å². The van der Waals surface area contributed by atoms with Crippen LogP contribution in [0.1, 0.15) is 90.1 Å². The highest BCUT2D eigenvalue weighted by Gasteiger charge is 2.52. The summed E-state index contributed by atoms with van der Waals surface area (Å²) in [4.78, 5) is 1.42. The molecule has 0 fully saturated rings. The minimum Gasteiger partial charge on any atom is -0.404 e. The minimum absolute atomic E-state index is 0.251. The number of fused-ring (bicyclic) bond motifs is 14. The zero-order chi connectivity index (χ0) is 40.4. The average molecular weight is 773 g/mol. The van der Waals surface area contributed by atoms with Crippen molar-refractivity contribution in [3.05, 3.63) is 226 Å². The van der Waals surface area contributed by atoms with E-state index in [-0.39, 0.29) is 5.25 Å². The van der Waals surface area contributed by atoms with Gasteiger partial charge in [0, 0.05) is 39.7 Å². The molecule has 1 unspecified atom stereocenters. The van der Waals surface area contributed by atoms with E-state index in [0.717, 1.165) is 23.1 Å². The van der Waals surface area contributed by atoms with Crippen LogP contribution in [0.4, 0.5) is 0 Å². The summed E-state index contributed by atoms with van der Waals surface area (Å²) in [5, 5.41) is 1.67. The number of benzene rings is 6. The van der Waals surface area contributed by atoms with Gasteiger partial charge in [-0.25, -0.2) is 0 Å². The molecule has 0 bridgehead atoms. The summed E-state index contributed by atoms with van der Waals surface area (Å²) in [5.74, 6) is 0. The fraction of sp³-hybridized carbons (Fsp3) is 0.164. The zero-order valence-corrected chi connectivity index (χ0v) is 35.3. The fourth-order valence-corrected chi connectivity index (χ4v) is 10.6. The summed E-state index contributed by atoms with van der Waals surface area (Å²) in [6.07, 6.45) is 14.2. The Morgan fingerprint density at radius 1 is 0.724 bits per heavy atom. The monoisotopic (exact) mass is 772 g/mol. The van der Waals surface area contributed by atoms with Gasteiger partial charge in [0.05, 0.1) is 21.9 Å². The Kier molecular flexibility index (Phi) is 11.0. The van der Waals surface area contributed by atoms with Crippen molar-refractivity contribution in [2.75, 3.05) is 0 Å².